The minimum Gasteiger partial charge on any atom is -0.497 e. The Morgan fingerprint density at radius 2 is 2.05 bits per heavy atom. The van der Waals surface area contributed by atoms with Crippen LogP contribution in [0.1, 0.15) is 30.6 Å². The van der Waals surface area contributed by atoms with Gasteiger partial charge in [-0.15, -0.1) is 0 Å². The van der Waals surface area contributed by atoms with Gasteiger partial charge in [-0.2, -0.15) is 0 Å². The van der Waals surface area contributed by atoms with E-state index in [0.717, 1.165) is 0 Å². The molecule has 0 spiro atoms. The Morgan fingerprint density at radius 1 is 1.37 bits per heavy atom. The molecule has 19 heavy (non-hydrogen) atoms. The van der Waals surface area contributed by atoms with Gasteiger partial charge in [0.15, 0.2) is 0 Å². The minimum atomic E-state index is -0.907. The van der Waals surface area contributed by atoms with Crippen LogP contribution in [-0.4, -0.2) is 37.4 Å². The largest absolute Gasteiger partial charge is 0.497 e. The van der Waals surface area contributed by atoms with E-state index >= 15 is 0 Å². The maximum absolute atomic E-state index is 12.0. The van der Waals surface area contributed by atoms with Crippen LogP contribution in [0.5, 0.6) is 11.5 Å². The smallest absolute Gasteiger partial charge is 0.255 e. The van der Waals surface area contributed by atoms with Crippen molar-refractivity contribution in [1.82, 2.24) is 5.32 Å². The topological polar surface area (TPSA) is 67.8 Å². The summed E-state index contributed by atoms with van der Waals surface area (Å²) in [4.78, 5) is 12.0. The Morgan fingerprint density at radius 3 is 2.58 bits per heavy atom. The molecule has 106 valence electrons. The van der Waals surface area contributed by atoms with Gasteiger partial charge in [0.05, 0.1) is 25.4 Å². The number of amides is 1. The van der Waals surface area contributed by atoms with Gasteiger partial charge < -0.3 is 19.9 Å². The zero-order valence-electron chi connectivity index (χ0n) is 11.8. The van der Waals surface area contributed by atoms with Gasteiger partial charge in [-0.3, -0.25) is 4.79 Å². The number of ether oxygens (including phenoxy) is 2. The number of nitrogens with one attached hydrogen (secondary N) is 1. The standard InChI is InChI=1S/C14H21NO4/c1-5-14(2,17)9-15-13(16)11-7-6-10(18-3)8-12(11)19-4/h6-8,17H,5,9H2,1-4H3,(H,15,16). The van der Waals surface area contributed by atoms with Gasteiger partial charge in [0, 0.05) is 12.6 Å². The van der Waals surface area contributed by atoms with Crippen LogP contribution in [0.15, 0.2) is 18.2 Å². The van der Waals surface area contributed by atoms with Crippen molar-refractivity contribution in [2.24, 2.45) is 0 Å². The van der Waals surface area contributed by atoms with E-state index < -0.39 is 5.60 Å². The van der Waals surface area contributed by atoms with E-state index in [4.69, 9.17) is 9.47 Å². The van der Waals surface area contributed by atoms with Crippen molar-refractivity contribution in [2.45, 2.75) is 25.9 Å². The zero-order chi connectivity index (χ0) is 14.5. The fourth-order valence-electron chi connectivity index (χ4n) is 1.48. The number of benzene rings is 1. The zero-order valence-corrected chi connectivity index (χ0v) is 11.8. The highest BCUT2D eigenvalue weighted by molar-refractivity contribution is 5.97. The van der Waals surface area contributed by atoms with Crippen molar-refractivity contribution in [3.8, 4) is 11.5 Å². The number of rotatable bonds is 6. The molecule has 5 nitrogen and oxygen atoms in total. The summed E-state index contributed by atoms with van der Waals surface area (Å²) >= 11 is 0. The first kappa shape index (κ1) is 15.3. The summed E-state index contributed by atoms with van der Waals surface area (Å²) in [5.41, 5.74) is -0.495. The molecule has 1 aromatic carbocycles. The Labute approximate surface area is 113 Å². The van der Waals surface area contributed by atoms with Gasteiger partial charge >= 0.3 is 0 Å². The third-order valence-electron chi connectivity index (χ3n) is 3.04. The fraction of sp³-hybridized carbons (Fsp3) is 0.500. The maximum Gasteiger partial charge on any atom is 0.255 e. The first-order chi connectivity index (χ1) is 8.93. The van der Waals surface area contributed by atoms with E-state index in [0.29, 0.717) is 23.5 Å². The SMILES string of the molecule is CCC(C)(O)CNC(=O)c1ccc(OC)cc1OC. The third kappa shape index (κ3) is 4.13. The van der Waals surface area contributed by atoms with E-state index in [1.54, 1.807) is 32.2 Å². The van der Waals surface area contributed by atoms with Crippen molar-refractivity contribution < 1.29 is 19.4 Å². The summed E-state index contributed by atoms with van der Waals surface area (Å²) < 4.78 is 10.2. The van der Waals surface area contributed by atoms with Crippen LogP contribution >= 0.6 is 0 Å². The van der Waals surface area contributed by atoms with Crippen LogP contribution in [0, 0.1) is 0 Å². The summed E-state index contributed by atoms with van der Waals surface area (Å²) in [5.74, 6) is 0.773. The van der Waals surface area contributed by atoms with Crippen molar-refractivity contribution in [1.29, 1.82) is 0 Å². The molecule has 0 aromatic heterocycles. The number of aliphatic hydroxyl groups is 1. The highest BCUT2D eigenvalue weighted by Gasteiger charge is 2.20. The van der Waals surface area contributed by atoms with E-state index in [1.165, 1.54) is 7.11 Å². The molecule has 0 saturated carbocycles. The number of methoxy groups -OCH3 is 2. The van der Waals surface area contributed by atoms with Crippen LogP contribution in [-0.2, 0) is 0 Å². The Kier molecular flexibility index (Phi) is 5.18. The van der Waals surface area contributed by atoms with E-state index in [9.17, 15) is 9.90 Å². The second-order valence-electron chi connectivity index (χ2n) is 4.60. The average molecular weight is 267 g/mol. The number of carbonyl (C=O) groups is 1. The molecule has 0 aliphatic carbocycles. The quantitative estimate of drug-likeness (QED) is 0.821. The lowest BCUT2D eigenvalue weighted by molar-refractivity contribution is 0.0517. The van der Waals surface area contributed by atoms with Gasteiger partial charge in [-0.05, 0) is 25.5 Å². The van der Waals surface area contributed by atoms with Crippen molar-refractivity contribution >= 4 is 5.91 Å². The monoisotopic (exact) mass is 267 g/mol. The Balaban J connectivity index is 2.82. The molecule has 2 N–H and O–H groups in total. The predicted octanol–water partition coefficient (Wildman–Crippen LogP) is 1.59. The van der Waals surface area contributed by atoms with E-state index in [-0.39, 0.29) is 12.5 Å². The van der Waals surface area contributed by atoms with Crippen molar-refractivity contribution in [2.75, 3.05) is 20.8 Å². The lowest BCUT2D eigenvalue weighted by Crippen LogP contribution is -2.40. The molecule has 0 bridgehead atoms. The molecule has 1 aromatic rings. The number of carbonyl (C=O) groups excluding carboxylic acids is 1. The highest BCUT2D eigenvalue weighted by Crippen LogP contribution is 2.24. The molecular formula is C14H21NO4. The first-order valence-corrected chi connectivity index (χ1v) is 6.16. The summed E-state index contributed by atoms with van der Waals surface area (Å²) in [6.45, 7) is 3.73. The third-order valence-corrected chi connectivity index (χ3v) is 3.04. The molecule has 0 radical (unpaired) electrons. The predicted molar refractivity (Wildman–Crippen MR) is 72.8 cm³/mol. The average Bonchev–Trinajstić information content (AvgIpc) is 2.44. The van der Waals surface area contributed by atoms with Gasteiger partial charge in [-0.1, -0.05) is 6.92 Å². The van der Waals surface area contributed by atoms with E-state index in [2.05, 4.69) is 5.32 Å². The molecule has 0 fully saturated rings. The molecule has 1 amide bonds. The molecule has 0 aliphatic rings. The van der Waals surface area contributed by atoms with Gasteiger partial charge in [0.2, 0.25) is 0 Å². The van der Waals surface area contributed by atoms with Crippen molar-refractivity contribution in [3.05, 3.63) is 23.8 Å². The summed E-state index contributed by atoms with van der Waals surface area (Å²) in [6, 6.07) is 4.97. The molecule has 0 aliphatic heterocycles. The molecule has 1 unspecified atom stereocenters. The van der Waals surface area contributed by atoms with Gasteiger partial charge in [0.25, 0.3) is 5.91 Å². The Hall–Kier alpha value is -1.75. The minimum absolute atomic E-state index is 0.192. The van der Waals surface area contributed by atoms with Crippen LogP contribution in [0.25, 0.3) is 0 Å². The van der Waals surface area contributed by atoms with Gasteiger partial charge in [-0.25, -0.2) is 0 Å². The molecule has 0 saturated heterocycles. The summed E-state index contributed by atoms with van der Waals surface area (Å²) in [5, 5.41) is 12.6. The summed E-state index contributed by atoms with van der Waals surface area (Å²) in [7, 11) is 3.04. The van der Waals surface area contributed by atoms with Crippen LogP contribution < -0.4 is 14.8 Å². The lowest BCUT2D eigenvalue weighted by atomic mass is 10.0. The van der Waals surface area contributed by atoms with Crippen LogP contribution in [0.3, 0.4) is 0 Å². The molecule has 0 heterocycles. The molecular weight excluding hydrogens is 246 g/mol. The van der Waals surface area contributed by atoms with Gasteiger partial charge in [0.1, 0.15) is 11.5 Å². The number of hydrogen-bond acceptors (Lipinski definition) is 4. The summed E-state index contributed by atoms with van der Waals surface area (Å²) in [6.07, 6.45) is 0.563. The first-order valence-electron chi connectivity index (χ1n) is 6.16. The van der Waals surface area contributed by atoms with Crippen LogP contribution in [0.4, 0.5) is 0 Å². The molecule has 5 heteroatoms. The van der Waals surface area contributed by atoms with Crippen molar-refractivity contribution in [3.63, 3.8) is 0 Å². The second kappa shape index (κ2) is 6.43. The maximum atomic E-state index is 12.0. The number of hydrogen-bond donors (Lipinski definition) is 2. The lowest BCUT2D eigenvalue weighted by Gasteiger charge is -2.21. The van der Waals surface area contributed by atoms with Crippen LogP contribution in [0.2, 0.25) is 0 Å². The second-order valence-corrected chi connectivity index (χ2v) is 4.60. The Bertz CT molecular complexity index is 443. The fourth-order valence-corrected chi connectivity index (χ4v) is 1.48. The molecule has 1 rings (SSSR count). The normalized spacial score (nSPS) is 13.5. The molecule has 1 atom stereocenters. The van der Waals surface area contributed by atoms with E-state index in [1.807, 2.05) is 6.92 Å². The highest BCUT2D eigenvalue weighted by atomic mass is 16.5.